The van der Waals surface area contributed by atoms with Gasteiger partial charge in [0, 0.05) is 13.1 Å². The highest BCUT2D eigenvalue weighted by molar-refractivity contribution is 9.10. The number of likely N-dealkylation sites (tertiary alicyclic amines) is 1. The van der Waals surface area contributed by atoms with E-state index in [0.717, 1.165) is 0 Å². The highest BCUT2D eigenvalue weighted by Crippen LogP contribution is 2.38. The lowest BCUT2D eigenvalue weighted by molar-refractivity contribution is -0.151. The van der Waals surface area contributed by atoms with E-state index in [1.165, 1.54) is 6.07 Å². The lowest BCUT2D eigenvalue weighted by Gasteiger charge is -2.28. The zero-order chi connectivity index (χ0) is 16.5. The van der Waals surface area contributed by atoms with Gasteiger partial charge in [0.15, 0.2) is 0 Å². The largest absolute Gasteiger partial charge is 0.481 e. The number of halogens is 2. The normalized spacial score (nSPS) is 21.4. The minimum atomic E-state index is -0.874. The first-order valence-corrected chi connectivity index (χ1v) is 8.00. The van der Waals surface area contributed by atoms with Crippen LogP contribution in [0.25, 0.3) is 0 Å². The molecule has 0 aliphatic carbocycles. The summed E-state index contributed by atoms with van der Waals surface area (Å²) in [6.07, 6.45) is 0.540. The monoisotopic (exact) mass is 371 g/mol. The minimum absolute atomic E-state index is 0.0482. The van der Waals surface area contributed by atoms with Crippen molar-refractivity contribution in [3.8, 4) is 0 Å². The molecule has 4 nitrogen and oxygen atoms in total. The fourth-order valence-corrected chi connectivity index (χ4v) is 3.12. The molecule has 1 aliphatic heterocycles. The van der Waals surface area contributed by atoms with Gasteiger partial charge in [-0.3, -0.25) is 9.59 Å². The third-order valence-corrected chi connectivity index (χ3v) is 5.17. The van der Waals surface area contributed by atoms with E-state index in [-0.39, 0.29) is 24.8 Å². The molecule has 0 spiro atoms. The molecule has 1 amide bonds. The molecule has 1 unspecified atom stereocenters. The average molecular weight is 372 g/mol. The fourth-order valence-electron chi connectivity index (χ4n) is 2.87. The van der Waals surface area contributed by atoms with Gasteiger partial charge in [0.2, 0.25) is 5.91 Å². The Bertz CT molecular complexity index is 605. The maximum Gasteiger partial charge on any atom is 0.311 e. The lowest BCUT2D eigenvalue weighted by Crippen LogP contribution is -2.41. The zero-order valence-corrected chi connectivity index (χ0v) is 14.2. The van der Waals surface area contributed by atoms with Crippen LogP contribution in [0, 0.1) is 17.2 Å². The quantitative estimate of drug-likeness (QED) is 0.884. The highest BCUT2D eigenvalue weighted by atomic mass is 79.9. The molecule has 1 saturated heterocycles. The maximum absolute atomic E-state index is 13.5. The molecule has 1 aliphatic rings. The van der Waals surface area contributed by atoms with Gasteiger partial charge < -0.3 is 10.0 Å². The maximum atomic E-state index is 13.5. The van der Waals surface area contributed by atoms with Gasteiger partial charge >= 0.3 is 5.97 Å². The fraction of sp³-hybridized carbons (Fsp3) is 0.500. The smallest absolute Gasteiger partial charge is 0.311 e. The zero-order valence-electron chi connectivity index (χ0n) is 12.6. The van der Waals surface area contributed by atoms with Gasteiger partial charge in [0.05, 0.1) is 16.3 Å². The van der Waals surface area contributed by atoms with Crippen molar-refractivity contribution < 1.29 is 19.1 Å². The Balaban J connectivity index is 2.08. The van der Waals surface area contributed by atoms with E-state index in [4.69, 9.17) is 0 Å². The van der Waals surface area contributed by atoms with Crippen LogP contribution in [0.5, 0.6) is 0 Å². The van der Waals surface area contributed by atoms with Crippen molar-refractivity contribution >= 4 is 27.8 Å². The number of aliphatic carboxylic acids is 1. The van der Waals surface area contributed by atoms with E-state index in [9.17, 15) is 19.1 Å². The van der Waals surface area contributed by atoms with E-state index < -0.39 is 17.2 Å². The number of carboxylic acid groups (broad SMARTS) is 1. The molecular weight excluding hydrogens is 353 g/mol. The van der Waals surface area contributed by atoms with Gasteiger partial charge in [-0.25, -0.2) is 4.39 Å². The van der Waals surface area contributed by atoms with E-state index in [0.29, 0.717) is 23.0 Å². The second kappa shape index (κ2) is 6.36. The lowest BCUT2D eigenvalue weighted by atomic mass is 9.76. The first-order valence-electron chi connectivity index (χ1n) is 7.21. The van der Waals surface area contributed by atoms with Crippen LogP contribution in [-0.4, -0.2) is 35.0 Å². The molecule has 1 heterocycles. The molecule has 0 radical (unpaired) electrons. The molecular formula is C16H19BrFNO3. The van der Waals surface area contributed by atoms with Crippen LogP contribution in [0.15, 0.2) is 22.7 Å². The number of nitrogens with zero attached hydrogens (tertiary/aromatic N) is 1. The summed E-state index contributed by atoms with van der Waals surface area (Å²) in [6.45, 7) is 4.39. The van der Waals surface area contributed by atoms with Crippen LogP contribution in [0.3, 0.4) is 0 Å². The van der Waals surface area contributed by atoms with Crippen molar-refractivity contribution in [2.24, 2.45) is 11.3 Å². The number of benzene rings is 1. The molecule has 0 bridgehead atoms. The van der Waals surface area contributed by atoms with Crippen molar-refractivity contribution in [2.45, 2.75) is 26.7 Å². The summed E-state index contributed by atoms with van der Waals surface area (Å²) in [7, 11) is 0. The first kappa shape index (κ1) is 16.9. The summed E-state index contributed by atoms with van der Waals surface area (Å²) < 4.78 is 13.8. The Labute approximate surface area is 137 Å². The van der Waals surface area contributed by atoms with E-state index in [1.54, 1.807) is 17.0 Å². The molecule has 1 N–H and O–H groups in total. The molecule has 120 valence electrons. The Hall–Kier alpha value is -1.43. The molecule has 22 heavy (non-hydrogen) atoms. The molecule has 0 saturated carbocycles. The second-order valence-corrected chi connectivity index (χ2v) is 6.96. The van der Waals surface area contributed by atoms with Crippen molar-refractivity contribution in [2.75, 3.05) is 13.1 Å². The van der Waals surface area contributed by atoms with Gasteiger partial charge in [-0.05, 0) is 46.0 Å². The number of amides is 1. The predicted molar refractivity (Wildman–Crippen MR) is 83.9 cm³/mol. The number of hydrogen-bond acceptors (Lipinski definition) is 2. The number of carboxylic acids is 1. The summed E-state index contributed by atoms with van der Waals surface area (Å²) in [6, 6.07) is 4.58. The summed E-state index contributed by atoms with van der Waals surface area (Å²) >= 11 is 3.07. The Morgan fingerprint density at radius 3 is 2.64 bits per heavy atom. The highest BCUT2D eigenvalue weighted by Gasteiger charge is 2.48. The molecule has 1 fully saturated rings. The van der Waals surface area contributed by atoms with Crippen molar-refractivity contribution in [3.05, 3.63) is 34.1 Å². The van der Waals surface area contributed by atoms with Crippen LogP contribution in [0.1, 0.15) is 25.8 Å². The first-order chi connectivity index (χ1) is 10.3. The van der Waals surface area contributed by atoms with Gasteiger partial charge in [0.1, 0.15) is 5.82 Å². The van der Waals surface area contributed by atoms with Crippen molar-refractivity contribution in [3.63, 3.8) is 0 Å². The molecule has 1 aromatic rings. The number of carbonyl (C=O) groups excluding carboxylic acids is 1. The SMILES string of the molecule is CC(C)C1(C(=O)O)CCN(C(=O)Cc2ccc(Br)c(F)c2)C1. The molecule has 1 atom stereocenters. The van der Waals surface area contributed by atoms with Crippen LogP contribution in [0.4, 0.5) is 4.39 Å². The third kappa shape index (κ3) is 3.16. The summed E-state index contributed by atoms with van der Waals surface area (Å²) in [4.78, 5) is 25.5. The van der Waals surface area contributed by atoms with Gasteiger partial charge in [-0.15, -0.1) is 0 Å². The van der Waals surface area contributed by atoms with E-state index in [2.05, 4.69) is 15.9 Å². The summed E-state index contributed by atoms with van der Waals surface area (Å²) in [5, 5.41) is 9.50. The number of carbonyl (C=O) groups is 2. The molecule has 1 aromatic carbocycles. The number of rotatable bonds is 4. The van der Waals surface area contributed by atoms with E-state index in [1.807, 2.05) is 13.8 Å². The van der Waals surface area contributed by atoms with Gasteiger partial charge in [-0.1, -0.05) is 19.9 Å². The second-order valence-electron chi connectivity index (χ2n) is 6.11. The molecule has 6 heteroatoms. The van der Waals surface area contributed by atoms with Crippen LogP contribution in [0.2, 0.25) is 0 Å². The standard InChI is InChI=1S/C16H19BrFNO3/c1-10(2)16(15(21)22)5-6-19(9-16)14(20)8-11-3-4-12(17)13(18)7-11/h3-4,7,10H,5-6,8-9H2,1-2H3,(H,21,22). The van der Waals surface area contributed by atoms with Gasteiger partial charge in [0.25, 0.3) is 0 Å². The minimum Gasteiger partial charge on any atom is -0.481 e. The molecule has 0 aromatic heterocycles. The van der Waals surface area contributed by atoms with Crippen LogP contribution >= 0.6 is 15.9 Å². The topological polar surface area (TPSA) is 57.6 Å². The van der Waals surface area contributed by atoms with Crippen LogP contribution < -0.4 is 0 Å². The van der Waals surface area contributed by atoms with Gasteiger partial charge in [-0.2, -0.15) is 0 Å². The van der Waals surface area contributed by atoms with Crippen molar-refractivity contribution in [1.82, 2.24) is 4.90 Å². The average Bonchev–Trinajstić information content (AvgIpc) is 2.89. The predicted octanol–water partition coefficient (Wildman–Crippen LogP) is 3.09. The Morgan fingerprint density at radius 1 is 1.45 bits per heavy atom. The van der Waals surface area contributed by atoms with E-state index >= 15 is 0 Å². The third-order valence-electron chi connectivity index (χ3n) is 4.52. The van der Waals surface area contributed by atoms with Crippen LogP contribution in [-0.2, 0) is 16.0 Å². The summed E-state index contributed by atoms with van der Waals surface area (Å²) in [5.41, 5.74) is -0.288. The summed E-state index contributed by atoms with van der Waals surface area (Å²) in [5.74, 6) is -1.47. The van der Waals surface area contributed by atoms with Crippen molar-refractivity contribution in [1.29, 1.82) is 0 Å². The molecule has 2 rings (SSSR count). The Morgan fingerprint density at radius 2 is 2.14 bits per heavy atom. The Kier molecular flexibility index (Phi) is 4.90. The number of hydrogen-bond donors (Lipinski definition) is 1.